The summed E-state index contributed by atoms with van der Waals surface area (Å²) in [6.45, 7) is 3.55. The summed E-state index contributed by atoms with van der Waals surface area (Å²) in [5.41, 5.74) is 3.40. The van der Waals surface area contributed by atoms with Gasteiger partial charge in [-0.1, -0.05) is 36.4 Å². The molecular formula is C25H28BrN3O5. The predicted octanol–water partition coefficient (Wildman–Crippen LogP) is 3.09. The van der Waals surface area contributed by atoms with Crippen LogP contribution in [0.1, 0.15) is 34.0 Å². The van der Waals surface area contributed by atoms with E-state index < -0.39 is 23.8 Å². The zero-order chi connectivity index (χ0) is 25.6. The minimum atomic E-state index is -1.16. The molecule has 0 saturated carbocycles. The highest BCUT2D eigenvalue weighted by Crippen LogP contribution is 2.24. The van der Waals surface area contributed by atoms with Crippen LogP contribution in [0.3, 0.4) is 0 Å². The molecule has 34 heavy (non-hydrogen) atoms. The summed E-state index contributed by atoms with van der Waals surface area (Å²) >= 11 is 3.34. The summed E-state index contributed by atoms with van der Waals surface area (Å²) in [5.74, 6) is -2.09. The van der Waals surface area contributed by atoms with Crippen LogP contribution in [0.25, 0.3) is 5.57 Å². The maximum atomic E-state index is 12.8. The third kappa shape index (κ3) is 6.32. The van der Waals surface area contributed by atoms with Gasteiger partial charge in [0.05, 0.1) is 11.1 Å². The number of rotatable bonds is 9. The second-order valence-electron chi connectivity index (χ2n) is 8.07. The highest BCUT2D eigenvalue weighted by Gasteiger charge is 2.24. The molecule has 0 unspecified atom stereocenters. The molecule has 0 heterocycles. The number of likely N-dealkylation sites (N-methyl/N-ethyl adjacent to an activating group) is 1. The highest BCUT2D eigenvalue weighted by atomic mass is 79.9. The quantitative estimate of drug-likeness (QED) is 0.381. The SMILES string of the molecule is C/C(=C(/C(=O)N(C)C=O)c1ccc(C[C@H](NC(=O)c2c(C)cccc2Br)C(=O)O)cc1)N(C)C. The van der Waals surface area contributed by atoms with Gasteiger partial charge in [-0.05, 0) is 52.5 Å². The van der Waals surface area contributed by atoms with Crippen molar-refractivity contribution in [3.05, 3.63) is 74.9 Å². The Morgan fingerprint density at radius 3 is 2.21 bits per heavy atom. The van der Waals surface area contributed by atoms with E-state index in [1.165, 1.54) is 7.05 Å². The van der Waals surface area contributed by atoms with E-state index in [1.54, 1.807) is 75.3 Å². The molecule has 2 N–H and O–H groups in total. The topological polar surface area (TPSA) is 107 Å². The molecule has 0 saturated heterocycles. The number of carboxylic acid groups (broad SMARTS) is 1. The zero-order valence-electron chi connectivity index (χ0n) is 19.8. The number of carboxylic acids is 1. The Kier molecular flexibility index (Phi) is 9.14. The standard InChI is InChI=1S/C25H28BrN3O5/c1-15-7-6-8-19(26)21(15)23(31)27-20(25(33)34)13-17-9-11-18(12-10-17)22(16(2)28(3)4)24(32)29(5)14-30/h6-12,14,20H,13H2,1-5H3,(H,27,31)(H,33,34)/b22-16-/t20-/m0/s1. The van der Waals surface area contributed by atoms with Gasteiger partial charge < -0.3 is 15.3 Å². The Morgan fingerprint density at radius 2 is 1.71 bits per heavy atom. The van der Waals surface area contributed by atoms with Crippen molar-refractivity contribution in [3.8, 4) is 0 Å². The average Bonchev–Trinajstić information content (AvgIpc) is 2.78. The van der Waals surface area contributed by atoms with Crippen molar-refractivity contribution >= 4 is 45.7 Å². The number of allylic oxidation sites excluding steroid dienone is 1. The lowest BCUT2D eigenvalue weighted by molar-refractivity contribution is -0.139. The van der Waals surface area contributed by atoms with Crippen LogP contribution >= 0.6 is 15.9 Å². The number of amides is 3. The minimum Gasteiger partial charge on any atom is -0.480 e. The number of aryl methyl sites for hydroxylation is 1. The van der Waals surface area contributed by atoms with E-state index in [4.69, 9.17) is 0 Å². The molecule has 0 aliphatic heterocycles. The van der Waals surface area contributed by atoms with Crippen LogP contribution < -0.4 is 5.32 Å². The highest BCUT2D eigenvalue weighted by molar-refractivity contribution is 9.10. The van der Waals surface area contributed by atoms with Gasteiger partial charge in [-0.2, -0.15) is 0 Å². The molecule has 3 amide bonds. The molecule has 2 aromatic carbocycles. The van der Waals surface area contributed by atoms with Gasteiger partial charge in [0.25, 0.3) is 11.8 Å². The Labute approximate surface area is 207 Å². The number of halogens is 1. The maximum absolute atomic E-state index is 12.8. The van der Waals surface area contributed by atoms with Gasteiger partial charge in [-0.3, -0.25) is 19.3 Å². The fourth-order valence-corrected chi connectivity index (χ4v) is 3.97. The monoisotopic (exact) mass is 529 g/mol. The van der Waals surface area contributed by atoms with Gasteiger partial charge in [0, 0.05) is 37.7 Å². The number of nitrogens with one attached hydrogen (secondary N) is 1. The lowest BCUT2D eigenvalue weighted by Crippen LogP contribution is -2.42. The van der Waals surface area contributed by atoms with E-state index in [1.807, 2.05) is 0 Å². The maximum Gasteiger partial charge on any atom is 0.326 e. The number of aliphatic carboxylic acids is 1. The molecule has 9 heteroatoms. The number of nitrogens with zero attached hydrogens (tertiary/aromatic N) is 2. The Morgan fingerprint density at radius 1 is 1.09 bits per heavy atom. The van der Waals surface area contributed by atoms with E-state index in [0.29, 0.717) is 38.8 Å². The molecule has 0 aliphatic rings. The number of benzene rings is 2. The third-order valence-corrected chi connectivity index (χ3v) is 6.12. The number of imide groups is 1. The second-order valence-corrected chi connectivity index (χ2v) is 8.93. The smallest absolute Gasteiger partial charge is 0.326 e. The van der Waals surface area contributed by atoms with E-state index in [2.05, 4.69) is 21.2 Å². The number of carbonyl (C=O) groups is 4. The molecule has 2 rings (SSSR count). The van der Waals surface area contributed by atoms with Crippen LogP contribution in [-0.2, 0) is 20.8 Å². The lowest BCUT2D eigenvalue weighted by Gasteiger charge is -2.21. The first-order valence-corrected chi connectivity index (χ1v) is 11.3. The molecule has 0 radical (unpaired) electrons. The number of carbonyl (C=O) groups excluding carboxylic acids is 3. The fourth-order valence-electron chi connectivity index (χ4n) is 3.33. The van der Waals surface area contributed by atoms with Crippen molar-refractivity contribution in [2.24, 2.45) is 0 Å². The van der Waals surface area contributed by atoms with Gasteiger partial charge >= 0.3 is 5.97 Å². The van der Waals surface area contributed by atoms with E-state index in [0.717, 1.165) is 10.5 Å². The summed E-state index contributed by atoms with van der Waals surface area (Å²) in [6.07, 6.45) is 0.505. The van der Waals surface area contributed by atoms with Crippen LogP contribution in [0, 0.1) is 6.92 Å². The molecule has 0 aliphatic carbocycles. The van der Waals surface area contributed by atoms with Crippen molar-refractivity contribution in [2.45, 2.75) is 26.3 Å². The normalized spacial score (nSPS) is 12.3. The first kappa shape index (κ1) is 26.8. The largest absolute Gasteiger partial charge is 0.480 e. The molecule has 0 fully saturated rings. The first-order chi connectivity index (χ1) is 16.0. The molecular weight excluding hydrogens is 502 g/mol. The van der Waals surface area contributed by atoms with Crippen molar-refractivity contribution < 1.29 is 24.3 Å². The predicted molar refractivity (Wildman–Crippen MR) is 133 cm³/mol. The van der Waals surface area contributed by atoms with E-state index in [-0.39, 0.29) is 6.42 Å². The second kappa shape index (κ2) is 11.6. The Balaban J connectivity index is 2.30. The minimum absolute atomic E-state index is 0.0543. The summed E-state index contributed by atoms with van der Waals surface area (Å²) < 4.78 is 0.582. The lowest BCUT2D eigenvalue weighted by atomic mass is 9.98. The average molecular weight is 530 g/mol. The van der Waals surface area contributed by atoms with Gasteiger partial charge in [0.2, 0.25) is 6.41 Å². The van der Waals surface area contributed by atoms with Crippen molar-refractivity contribution in [2.75, 3.05) is 21.1 Å². The van der Waals surface area contributed by atoms with E-state index in [9.17, 15) is 24.3 Å². The zero-order valence-corrected chi connectivity index (χ0v) is 21.3. The van der Waals surface area contributed by atoms with Crippen LogP contribution in [-0.4, -0.2) is 66.3 Å². The van der Waals surface area contributed by atoms with Gasteiger partial charge in [0.1, 0.15) is 6.04 Å². The summed E-state index contributed by atoms with van der Waals surface area (Å²) in [6, 6.07) is 11.0. The fraction of sp³-hybridized carbons (Fsp3) is 0.280. The summed E-state index contributed by atoms with van der Waals surface area (Å²) in [7, 11) is 4.98. The molecule has 0 aromatic heterocycles. The van der Waals surface area contributed by atoms with Crippen LogP contribution in [0.2, 0.25) is 0 Å². The summed E-state index contributed by atoms with van der Waals surface area (Å²) in [4.78, 5) is 51.2. The molecule has 2 aromatic rings. The van der Waals surface area contributed by atoms with E-state index >= 15 is 0 Å². The Hall–Kier alpha value is -3.46. The number of hydrogen-bond donors (Lipinski definition) is 2. The Bertz CT molecular complexity index is 1110. The van der Waals surface area contributed by atoms with Gasteiger partial charge in [0.15, 0.2) is 0 Å². The third-order valence-electron chi connectivity index (χ3n) is 5.46. The molecule has 0 spiro atoms. The van der Waals surface area contributed by atoms with Crippen LogP contribution in [0.5, 0.6) is 0 Å². The molecule has 180 valence electrons. The molecule has 0 bridgehead atoms. The number of hydrogen-bond acceptors (Lipinski definition) is 5. The molecule has 1 atom stereocenters. The van der Waals surface area contributed by atoms with Crippen molar-refractivity contribution in [1.82, 2.24) is 15.1 Å². The van der Waals surface area contributed by atoms with Gasteiger partial charge in [-0.25, -0.2) is 4.79 Å². The van der Waals surface area contributed by atoms with Crippen molar-refractivity contribution in [1.29, 1.82) is 0 Å². The van der Waals surface area contributed by atoms with Crippen LogP contribution in [0.15, 0.2) is 52.6 Å². The van der Waals surface area contributed by atoms with Crippen LogP contribution in [0.4, 0.5) is 0 Å². The van der Waals surface area contributed by atoms with Gasteiger partial charge in [-0.15, -0.1) is 0 Å². The molecule has 8 nitrogen and oxygen atoms in total. The van der Waals surface area contributed by atoms with Crippen molar-refractivity contribution in [3.63, 3.8) is 0 Å². The first-order valence-electron chi connectivity index (χ1n) is 10.5. The summed E-state index contributed by atoms with van der Waals surface area (Å²) in [5, 5.41) is 12.3.